The first-order chi connectivity index (χ1) is 13.8. The van der Waals surface area contributed by atoms with E-state index in [1.807, 2.05) is 31.2 Å². The van der Waals surface area contributed by atoms with Crippen molar-refractivity contribution in [3.05, 3.63) is 30.1 Å². The van der Waals surface area contributed by atoms with E-state index in [0.29, 0.717) is 31.1 Å². The summed E-state index contributed by atoms with van der Waals surface area (Å²) in [6.45, 7) is 3.30. The SMILES string of the molecule is CCOCc1nc2c(N)nc3ccccc3c2n1CC1(NS(C)(=O)=O)CCCC1. The van der Waals surface area contributed by atoms with E-state index in [2.05, 4.69) is 14.3 Å². The van der Waals surface area contributed by atoms with Crippen LogP contribution in [0.3, 0.4) is 0 Å². The minimum absolute atomic E-state index is 0.327. The molecule has 9 heteroatoms. The highest BCUT2D eigenvalue weighted by Crippen LogP contribution is 2.35. The molecular weight excluding hydrogens is 390 g/mol. The average molecular weight is 418 g/mol. The number of nitrogens with one attached hydrogen (secondary N) is 1. The lowest BCUT2D eigenvalue weighted by Gasteiger charge is -2.31. The maximum absolute atomic E-state index is 12.1. The summed E-state index contributed by atoms with van der Waals surface area (Å²) >= 11 is 0. The van der Waals surface area contributed by atoms with E-state index in [1.54, 1.807) is 0 Å². The van der Waals surface area contributed by atoms with Gasteiger partial charge >= 0.3 is 0 Å². The van der Waals surface area contributed by atoms with E-state index in [0.717, 1.165) is 47.9 Å². The summed E-state index contributed by atoms with van der Waals surface area (Å²) in [5.74, 6) is 1.10. The fraction of sp³-hybridized carbons (Fsp3) is 0.500. The van der Waals surface area contributed by atoms with Crippen LogP contribution in [0.2, 0.25) is 0 Å². The van der Waals surface area contributed by atoms with Gasteiger partial charge in [-0.25, -0.2) is 23.1 Å². The molecule has 1 aromatic carbocycles. The summed E-state index contributed by atoms with van der Waals surface area (Å²) in [6, 6.07) is 7.80. The standard InChI is InChI=1S/C20H27N5O3S/c1-3-28-12-16-23-17-18(14-8-4-5-9-15(14)22-19(17)21)25(16)13-20(10-6-7-11-20)24-29(2,26)27/h4-5,8-9,24H,3,6-7,10-13H2,1-2H3,(H2,21,22). The first kappa shape index (κ1) is 20.1. The molecule has 1 fully saturated rings. The van der Waals surface area contributed by atoms with Crippen LogP contribution < -0.4 is 10.5 Å². The predicted octanol–water partition coefficient (Wildman–Crippen LogP) is 2.57. The fourth-order valence-corrected chi connectivity index (χ4v) is 5.47. The summed E-state index contributed by atoms with van der Waals surface area (Å²) in [5, 5.41) is 0.944. The van der Waals surface area contributed by atoms with Crippen molar-refractivity contribution < 1.29 is 13.2 Å². The number of rotatable bonds is 7. The van der Waals surface area contributed by atoms with Crippen LogP contribution in [0.25, 0.3) is 21.9 Å². The molecule has 0 radical (unpaired) electrons. The monoisotopic (exact) mass is 417 g/mol. The van der Waals surface area contributed by atoms with Gasteiger partial charge in [-0.05, 0) is 25.8 Å². The van der Waals surface area contributed by atoms with Crippen molar-refractivity contribution in [1.82, 2.24) is 19.3 Å². The van der Waals surface area contributed by atoms with Crippen LogP contribution >= 0.6 is 0 Å². The Morgan fingerprint density at radius 3 is 2.66 bits per heavy atom. The number of nitrogens with two attached hydrogens (primary N) is 1. The third kappa shape index (κ3) is 3.94. The van der Waals surface area contributed by atoms with Crippen LogP contribution in [0.15, 0.2) is 24.3 Å². The number of sulfonamides is 1. The molecule has 29 heavy (non-hydrogen) atoms. The summed E-state index contributed by atoms with van der Waals surface area (Å²) in [4.78, 5) is 9.24. The molecule has 1 aliphatic carbocycles. The summed E-state index contributed by atoms with van der Waals surface area (Å²) < 4.78 is 34.9. The molecule has 3 aromatic rings. The smallest absolute Gasteiger partial charge is 0.209 e. The largest absolute Gasteiger partial charge is 0.382 e. The van der Waals surface area contributed by atoms with E-state index in [-0.39, 0.29) is 0 Å². The minimum Gasteiger partial charge on any atom is -0.382 e. The number of ether oxygens (including phenoxy) is 1. The molecule has 0 bridgehead atoms. The number of hydrogen-bond acceptors (Lipinski definition) is 6. The molecule has 1 aliphatic rings. The Bertz CT molecular complexity index is 1150. The summed E-state index contributed by atoms with van der Waals surface area (Å²) in [5.41, 5.74) is 8.00. The van der Waals surface area contributed by atoms with Gasteiger partial charge in [0.15, 0.2) is 5.82 Å². The number of fused-ring (bicyclic) bond motifs is 3. The molecule has 2 aromatic heterocycles. The number of imidazole rings is 1. The minimum atomic E-state index is -3.35. The Labute approximate surface area is 170 Å². The molecular formula is C20H27N5O3S. The molecule has 0 amide bonds. The first-order valence-electron chi connectivity index (χ1n) is 9.92. The third-order valence-electron chi connectivity index (χ3n) is 5.55. The molecule has 1 saturated carbocycles. The van der Waals surface area contributed by atoms with Gasteiger partial charge in [-0.3, -0.25) is 0 Å². The maximum atomic E-state index is 12.1. The third-order valence-corrected chi connectivity index (χ3v) is 6.35. The highest BCUT2D eigenvalue weighted by molar-refractivity contribution is 7.88. The highest BCUT2D eigenvalue weighted by Gasteiger charge is 2.38. The number of aromatic nitrogens is 3. The topological polar surface area (TPSA) is 112 Å². The second-order valence-corrected chi connectivity index (χ2v) is 9.57. The van der Waals surface area contributed by atoms with Crippen LogP contribution in [0, 0.1) is 0 Å². The Morgan fingerprint density at radius 1 is 1.24 bits per heavy atom. The number of pyridine rings is 1. The van der Waals surface area contributed by atoms with Gasteiger partial charge in [0, 0.05) is 18.5 Å². The lowest BCUT2D eigenvalue weighted by atomic mass is 9.99. The summed E-state index contributed by atoms with van der Waals surface area (Å²) in [7, 11) is -3.35. The average Bonchev–Trinajstić information content (AvgIpc) is 3.24. The number of benzene rings is 1. The molecule has 156 valence electrons. The van der Waals surface area contributed by atoms with Gasteiger partial charge in [-0.2, -0.15) is 0 Å². The number of para-hydroxylation sites is 1. The zero-order chi connectivity index (χ0) is 20.6. The van der Waals surface area contributed by atoms with Crippen molar-refractivity contribution in [1.29, 1.82) is 0 Å². The van der Waals surface area contributed by atoms with Crippen molar-refractivity contribution in [3.63, 3.8) is 0 Å². The van der Waals surface area contributed by atoms with Gasteiger partial charge in [-0.1, -0.05) is 31.0 Å². The van der Waals surface area contributed by atoms with E-state index < -0.39 is 15.6 Å². The zero-order valence-corrected chi connectivity index (χ0v) is 17.6. The van der Waals surface area contributed by atoms with Crippen molar-refractivity contribution in [2.24, 2.45) is 0 Å². The molecule has 0 aliphatic heterocycles. The van der Waals surface area contributed by atoms with Crippen LogP contribution in [0.4, 0.5) is 5.82 Å². The van der Waals surface area contributed by atoms with E-state index in [1.165, 1.54) is 6.26 Å². The second kappa shape index (κ2) is 7.55. The Morgan fingerprint density at radius 2 is 1.97 bits per heavy atom. The van der Waals surface area contributed by atoms with Crippen LogP contribution in [0.1, 0.15) is 38.4 Å². The molecule has 3 N–H and O–H groups in total. The molecule has 0 unspecified atom stereocenters. The van der Waals surface area contributed by atoms with Crippen molar-refractivity contribution in [2.45, 2.75) is 51.3 Å². The quantitative estimate of drug-likeness (QED) is 0.611. The summed E-state index contributed by atoms with van der Waals surface area (Å²) in [6.07, 6.45) is 4.76. The zero-order valence-electron chi connectivity index (χ0n) is 16.8. The first-order valence-corrected chi connectivity index (χ1v) is 11.8. The van der Waals surface area contributed by atoms with Gasteiger partial charge in [0.25, 0.3) is 0 Å². The Balaban J connectivity index is 1.93. The van der Waals surface area contributed by atoms with Crippen molar-refractivity contribution in [2.75, 3.05) is 18.6 Å². The van der Waals surface area contributed by atoms with Gasteiger partial charge in [0.1, 0.15) is 17.9 Å². The molecule has 4 rings (SSSR count). The lowest BCUT2D eigenvalue weighted by Crippen LogP contribution is -2.49. The number of nitrogen functional groups attached to an aromatic ring is 1. The van der Waals surface area contributed by atoms with Crippen molar-refractivity contribution in [3.8, 4) is 0 Å². The second-order valence-electron chi connectivity index (χ2n) is 7.82. The van der Waals surface area contributed by atoms with Crippen LogP contribution in [-0.4, -0.2) is 41.4 Å². The van der Waals surface area contributed by atoms with E-state index >= 15 is 0 Å². The number of nitrogens with zero attached hydrogens (tertiary/aromatic N) is 3. The van der Waals surface area contributed by atoms with Gasteiger partial charge < -0.3 is 15.0 Å². The van der Waals surface area contributed by atoms with Crippen molar-refractivity contribution >= 4 is 37.8 Å². The molecule has 0 spiro atoms. The molecule has 0 atom stereocenters. The molecule has 8 nitrogen and oxygen atoms in total. The van der Waals surface area contributed by atoms with Crippen LogP contribution in [0.5, 0.6) is 0 Å². The van der Waals surface area contributed by atoms with Gasteiger partial charge in [-0.15, -0.1) is 0 Å². The maximum Gasteiger partial charge on any atom is 0.209 e. The predicted molar refractivity (Wildman–Crippen MR) is 114 cm³/mol. The number of hydrogen-bond donors (Lipinski definition) is 2. The molecule has 0 saturated heterocycles. The normalized spacial score (nSPS) is 16.8. The number of anilines is 1. The lowest BCUT2D eigenvalue weighted by molar-refractivity contribution is 0.124. The van der Waals surface area contributed by atoms with E-state index in [4.69, 9.17) is 15.5 Å². The van der Waals surface area contributed by atoms with E-state index in [9.17, 15) is 8.42 Å². The Kier molecular flexibility index (Phi) is 5.22. The fourth-order valence-electron chi connectivity index (χ4n) is 4.42. The molecule has 2 heterocycles. The van der Waals surface area contributed by atoms with Gasteiger partial charge in [0.05, 0.1) is 22.8 Å². The Hall–Kier alpha value is -2.23. The van der Waals surface area contributed by atoms with Crippen LogP contribution in [-0.2, 0) is 27.9 Å². The van der Waals surface area contributed by atoms with Gasteiger partial charge in [0.2, 0.25) is 10.0 Å². The highest BCUT2D eigenvalue weighted by atomic mass is 32.2.